The summed E-state index contributed by atoms with van der Waals surface area (Å²) in [6.07, 6.45) is 2.32. The van der Waals surface area contributed by atoms with Crippen LogP contribution in [0.1, 0.15) is 26.2 Å². The summed E-state index contributed by atoms with van der Waals surface area (Å²) in [5.74, 6) is -0.0748. The van der Waals surface area contributed by atoms with E-state index in [0.717, 1.165) is 19.4 Å². The Hall–Kier alpha value is -1.08. The molecule has 2 atom stereocenters. The topological polar surface area (TPSA) is 62.1 Å². The minimum atomic E-state index is -0.193. The summed E-state index contributed by atoms with van der Waals surface area (Å²) in [5, 5.41) is 11.9. The second-order valence-electron chi connectivity index (χ2n) is 3.47. The summed E-state index contributed by atoms with van der Waals surface area (Å²) in [6.45, 7) is 3.08. The third-order valence-electron chi connectivity index (χ3n) is 2.46. The summed E-state index contributed by atoms with van der Waals surface area (Å²) in [7, 11) is 0. The molecule has 0 aromatic heterocycles. The molecule has 4 nitrogen and oxygen atoms in total. The average molecular weight is 196 g/mol. The zero-order valence-electron chi connectivity index (χ0n) is 8.45. The molecule has 2 unspecified atom stereocenters. The van der Waals surface area contributed by atoms with E-state index in [1.807, 2.05) is 0 Å². The SMILES string of the molecule is CCOC(=O)CC1CCCNC1C#N. The third-order valence-corrected chi connectivity index (χ3v) is 2.46. The van der Waals surface area contributed by atoms with E-state index in [-0.39, 0.29) is 17.9 Å². The van der Waals surface area contributed by atoms with Crippen molar-refractivity contribution in [1.82, 2.24) is 5.32 Å². The number of hydrogen-bond acceptors (Lipinski definition) is 4. The quantitative estimate of drug-likeness (QED) is 0.679. The second-order valence-corrected chi connectivity index (χ2v) is 3.47. The van der Waals surface area contributed by atoms with Crippen LogP contribution in [0.15, 0.2) is 0 Å². The number of nitrogens with zero attached hydrogens (tertiary/aromatic N) is 1. The van der Waals surface area contributed by atoms with Gasteiger partial charge in [0, 0.05) is 0 Å². The summed E-state index contributed by atoms with van der Waals surface area (Å²) in [6, 6.07) is 2.00. The van der Waals surface area contributed by atoms with Crippen molar-refractivity contribution < 1.29 is 9.53 Å². The van der Waals surface area contributed by atoms with Crippen molar-refractivity contribution in [1.29, 1.82) is 5.26 Å². The first-order chi connectivity index (χ1) is 6.77. The van der Waals surface area contributed by atoms with Gasteiger partial charge in [-0.25, -0.2) is 0 Å². The highest BCUT2D eigenvalue weighted by molar-refractivity contribution is 5.69. The Morgan fingerprint density at radius 3 is 3.14 bits per heavy atom. The molecular weight excluding hydrogens is 180 g/mol. The van der Waals surface area contributed by atoms with E-state index in [1.165, 1.54) is 0 Å². The number of piperidine rings is 1. The highest BCUT2D eigenvalue weighted by Crippen LogP contribution is 2.20. The van der Waals surface area contributed by atoms with Crippen LogP contribution in [0.3, 0.4) is 0 Å². The largest absolute Gasteiger partial charge is 0.466 e. The Kier molecular flexibility index (Phi) is 4.41. The molecule has 0 radical (unpaired) electrons. The Bertz CT molecular complexity index is 235. The number of carbonyl (C=O) groups excluding carboxylic acids is 1. The van der Waals surface area contributed by atoms with E-state index >= 15 is 0 Å². The molecule has 0 spiro atoms. The summed E-state index contributed by atoms with van der Waals surface area (Å²) >= 11 is 0. The third kappa shape index (κ3) is 3.00. The van der Waals surface area contributed by atoms with Crippen molar-refractivity contribution in [2.45, 2.75) is 32.2 Å². The van der Waals surface area contributed by atoms with Gasteiger partial charge in [-0.2, -0.15) is 5.26 Å². The molecule has 1 aliphatic heterocycles. The van der Waals surface area contributed by atoms with Crippen molar-refractivity contribution in [2.24, 2.45) is 5.92 Å². The van der Waals surface area contributed by atoms with Crippen molar-refractivity contribution >= 4 is 5.97 Å². The standard InChI is InChI=1S/C10H16N2O2/c1-2-14-10(13)6-8-4-3-5-12-9(8)7-11/h8-9,12H,2-6H2,1H3. The van der Waals surface area contributed by atoms with Crippen LogP contribution in [0.5, 0.6) is 0 Å². The van der Waals surface area contributed by atoms with Gasteiger partial charge in [0.2, 0.25) is 0 Å². The first-order valence-corrected chi connectivity index (χ1v) is 5.06. The molecule has 1 aliphatic rings. The summed E-state index contributed by atoms with van der Waals surface area (Å²) < 4.78 is 4.86. The zero-order valence-corrected chi connectivity index (χ0v) is 8.45. The molecule has 4 heteroatoms. The number of hydrogen-bond donors (Lipinski definition) is 1. The van der Waals surface area contributed by atoms with E-state index in [0.29, 0.717) is 13.0 Å². The Morgan fingerprint density at radius 1 is 1.71 bits per heavy atom. The van der Waals surface area contributed by atoms with E-state index in [2.05, 4.69) is 11.4 Å². The molecule has 1 N–H and O–H groups in total. The molecule has 78 valence electrons. The van der Waals surface area contributed by atoms with Crippen LogP contribution >= 0.6 is 0 Å². The Labute approximate surface area is 84.2 Å². The summed E-state index contributed by atoms with van der Waals surface area (Å²) in [5.41, 5.74) is 0. The van der Waals surface area contributed by atoms with Crippen LogP contribution in [0.4, 0.5) is 0 Å². The molecule has 1 fully saturated rings. The molecule has 0 saturated carbocycles. The smallest absolute Gasteiger partial charge is 0.306 e. The maximum atomic E-state index is 11.2. The van der Waals surface area contributed by atoms with Gasteiger partial charge in [-0.05, 0) is 32.2 Å². The fourth-order valence-electron chi connectivity index (χ4n) is 1.76. The maximum Gasteiger partial charge on any atom is 0.306 e. The lowest BCUT2D eigenvalue weighted by Gasteiger charge is -2.26. The van der Waals surface area contributed by atoms with Crippen LogP contribution in [0, 0.1) is 17.2 Å². The minimum Gasteiger partial charge on any atom is -0.466 e. The summed E-state index contributed by atoms with van der Waals surface area (Å²) in [4.78, 5) is 11.2. The van der Waals surface area contributed by atoms with Crippen molar-refractivity contribution in [3.05, 3.63) is 0 Å². The van der Waals surface area contributed by atoms with Crippen molar-refractivity contribution in [2.75, 3.05) is 13.2 Å². The number of nitriles is 1. The lowest BCUT2D eigenvalue weighted by atomic mass is 9.89. The van der Waals surface area contributed by atoms with Crippen molar-refractivity contribution in [3.8, 4) is 6.07 Å². The molecular formula is C10H16N2O2. The van der Waals surface area contributed by atoms with Gasteiger partial charge in [0.05, 0.1) is 25.1 Å². The molecule has 0 aromatic carbocycles. The van der Waals surface area contributed by atoms with E-state index in [9.17, 15) is 4.79 Å². The highest BCUT2D eigenvalue weighted by atomic mass is 16.5. The number of rotatable bonds is 3. The van der Waals surface area contributed by atoms with E-state index < -0.39 is 0 Å². The fourth-order valence-corrected chi connectivity index (χ4v) is 1.76. The van der Waals surface area contributed by atoms with Gasteiger partial charge in [0.1, 0.15) is 0 Å². The van der Waals surface area contributed by atoms with Crippen LogP contribution in [-0.2, 0) is 9.53 Å². The minimum absolute atomic E-state index is 0.118. The van der Waals surface area contributed by atoms with Gasteiger partial charge >= 0.3 is 5.97 Å². The predicted molar refractivity (Wildman–Crippen MR) is 51.4 cm³/mol. The molecule has 0 bridgehead atoms. The Morgan fingerprint density at radius 2 is 2.50 bits per heavy atom. The van der Waals surface area contributed by atoms with Gasteiger partial charge in [-0.3, -0.25) is 4.79 Å². The van der Waals surface area contributed by atoms with Gasteiger partial charge < -0.3 is 10.1 Å². The van der Waals surface area contributed by atoms with Crippen LogP contribution in [-0.4, -0.2) is 25.2 Å². The first-order valence-electron chi connectivity index (χ1n) is 5.06. The van der Waals surface area contributed by atoms with Crippen LogP contribution in [0.25, 0.3) is 0 Å². The van der Waals surface area contributed by atoms with Gasteiger partial charge in [-0.1, -0.05) is 0 Å². The normalized spacial score (nSPS) is 26.6. The zero-order chi connectivity index (χ0) is 10.4. The van der Waals surface area contributed by atoms with Gasteiger partial charge in [-0.15, -0.1) is 0 Å². The monoisotopic (exact) mass is 196 g/mol. The van der Waals surface area contributed by atoms with Gasteiger partial charge in [0.15, 0.2) is 0 Å². The number of carbonyl (C=O) groups is 1. The Balaban J connectivity index is 2.41. The molecule has 14 heavy (non-hydrogen) atoms. The predicted octanol–water partition coefficient (Wildman–Crippen LogP) is 0.831. The maximum absolute atomic E-state index is 11.2. The molecule has 1 rings (SSSR count). The molecule has 0 amide bonds. The molecule has 1 saturated heterocycles. The number of ether oxygens (including phenoxy) is 1. The molecule has 0 aliphatic carbocycles. The van der Waals surface area contributed by atoms with Crippen LogP contribution in [0.2, 0.25) is 0 Å². The van der Waals surface area contributed by atoms with Gasteiger partial charge in [0.25, 0.3) is 0 Å². The van der Waals surface area contributed by atoms with E-state index in [1.54, 1.807) is 6.92 Å². The second kappa shape index (κ2) is 5.61. The van der Waals surface area contributed by atoms with E-state index in [4.69, 9.17) is 10.00 Å². The average Bonchev–Trinajstić information content (AvgIpc) is 2.19. The highest BCUT2D eigenvalue weighted by Gasteiger charge is 2.26. The molecule has 1 heterocycles. The molecule has 0 aromatic rings. The first kappa shape index (κ1) is 11.0. The number of nitrogens with one attached hydrogen (secondary N) is 1. The lowest BCUT2D eigenvalue weighted by molar-refractivity contribution is -0.144. The van der Waals surface area contributed by atoms with Crippen molar-refractivity contribution in [3.63, 3.8) is 0 Å². The fraction of sp³-hybridized carbons (Fsp3) is 0.800. The lowest BCUT2D eigenvalue weighted by Crippen LogP contribution is -2.41. The van der Waals surface area contributed by atoms with Crippen LogP contribution < -0.4 is 5.32 Å². The number of esters is 1.